The molecule has 0 bridgehead atoms. The second-order valence-corrected chi connectivity index (χ2v) is 5.81. The minimum absolute atomic E-state index is 0.625. The lowest BCUT2D eigenvalue weighted by Gasteiger charge is -2.12. The predicted molar refractivity (Wildman–Crippen MR) is 86.3 cm³/mol. The van der Waals surface area contributed by atoms with E-state index in [2.05, 4.69) is 46.3 Å². The summed E-state index contributed by atoms with van der Waals surface area (Å²) in [5.74, 6) is 0. The van der Waals surface area contributed by atoms with Crippen molar-refractivity contribution in [1.82, 2.24) is 0 Å². The van der Waals surface area contributed by atoms with Crippen LogP contribution in [0.15, 0.2) is 41.4 Å². The highest BCUT2D eigenvalue weighted by atomic mass is 79.9. The monoisotopic (exact) mass is 352 g/mol. The van der Waals surface area contributed by atoms with Crippen LogP contribution in [-0.4, -0.2) is 0 Å². The molecule has 0 radical (unpaired) electrons. The summed E-state index contributed by atoms with van der Waals surface area (Å²) < 4.78 is 0. The van der Waals surface area contributed by atoms with Gasteiger partial charge in [-0.3, -0.25) is 0 Å². The molecule has 0 spiro atoms. The van der Waals surface area contributed by atoms with Crippen molar-refractivity contribution in [1.29, 1.82) is 0 Å². The Hall–Kier alpha value is -0.760. The first-order valence-corrected chi connectivity index (χ1v) is 7.75. The first-order valence-electron chi connectivity index (χ1n) is 6.08. The lowest BCUT2D eigenvalue weighted by molar-refractivity contribution is 0.965. The molecular weight excluding hydrogens is 343 g/mol. The zero-order valence-corrected chi connectivity index (χ0v) is 13.2. The molecule has 19 heavy (non-hydrogen) atoms. The van der Waals surface area contributed by atoms with Gasteiger partial charge in [-0.1, -0.05) is 69.5 Å². The summed E-state index contributed by atoms with van der Waals surface area (Å²) in [5.41, 5.74) is 6.07. The third-order valence-electron chi connectivity index (χ3n) is 3.55. The number of aryl methyl sites for hydroxylation is 1. The van der Waals surface area contributed by atoms with Crippen LogP contribution in [0, 0.1) is 0 Å². The van der Waals surface area contributed by atoms with Gasteiger partial charge in [0.1, 0.15) is 0 Å². The topological polar surface area (TPSA) is 0 Å². The predicted octanol–water partition coefficient (Wildman–Crippen LogP) is 5.88. The number of benzene rings is 2. The average molecular weight is 354 g/mol. The second kappa shape index (κ2) is 5.32. The highest BCUT2D eigenvalue weighted by molar-refractivity contribution is 9.11. The van der Waals surface area contributed by atoms with Crippen LogP contribution in [-0.2, 0) is 12.8 Å². The Bertz CT molecular complexity index is 674. The molecule has 2 aromatic carbocycles. The maximum Gasteiger partial charge on any atom is 0.0630 e. The molecule has 1 aliphatic rings. The van der Waals surface area contributed by atoms with E-state index < -0.39 is 0 Å². The molecule has 0 nitrogen and oxygen atoms in total. The Morgan fingerprint density at radius 1 is 0.947 bits per heavy atom. The first-order chi connectivity index (χ1) is 9.22. The Balaban J connectivity index is 2.29. The molecule has 0 fully saturated rings. The van der Waals surface area contributed by atoms with Gasteiger partial charge in [-0.2, -0.15) is 0 Å². The second-order valence-electron chi connectivity index (χ2n) is 4.57. The Kier molecular flexibility index (Phi) is 3.70. The number of rotatable bonds is 0. The van der Waals surface area contributed by atoms with Crippen molar-refractivity contribution < 1.29 is 0 Å². The first kappa shape index (κ1) is 13.2. The van der Waals surface area contributed by atoms with Crippen LogP contribution in [0.4, 0.5) is 0 Å². The van der Waals surface area contributed by atoms with Crippen LogP contribution >= 0.6 is 39.1 Å². The Morgan fingerprint density at radius 3 is 2.53 bits per heavy atom. The molecule has 0 heterocycles. The van der Waals surface area contributed by atoms with E-state index in [1.807, 2.05) is 11.1 Å². The molecule has 0 saturated heterocycles. The van der Waals surface area contributed by atoms with Gasteiger partial charge in [0, 0.05) is 0 Å². The fourth-order valence-electron chi connectivity index (χ4n) is 2.61. The van der Waals surface area contributed by atoms with E-state index in [1.165, 1.54) is 16.7 Å². The highest BCUT2D eigenvalue weighted by Gasteiger charge is 2.20. The quantitative estimate of drug-likeness (QED) is 0.555. The van der Waals surface area contributed by atoms with E-state index in [1.54, 1.807) is 0 Å². The van der Waals surface area contributed by atoms with Crippen LogP contribution in [0.3, 0.4) is 0 Å². The summed E-state index contributed by atoms with van der Waals surface area (Å²) in [6, 6.07) is 12.4. The van der Waals surface area contributed by atoms with Gasteiger partial charge in [0.25, 0.3) is 0 Å². The number of halogens is 3. The minimum Gasteiger partial charge on any atom is -0.0827 e. The molecule has 3 heteroatoms. The van der Waals surface area contributed by atoms with Crippen LogP contribution in [0.1, 0.15) is 22.3 Å². The van der Waals surface area contributed by atoms with Crippen molar-refractivity contribution in [3.05, 3.63) is 73.7 Å². The molecular formula is C16H11BrCl2. The molecule has 1 aliphatic carbocycles. The normalized spacial score (nSPS) is 15.8. The summed E-state index contributed by atoms with van der Waals surface area (Å²) in [6.07, 6.45) is 1.89. The van der Waals surface area contributed by atoms with Gasteiger partial charge >= 0.3 is 0 Å². The number of fused-ring (bicyclic) bond motifs is 2. The van der Waals surface area contributed by atoms with Crippen molar-refractivity contribution in [3.8, 4) is 0 Å². The largest absolute Gasteiger partial charge is 0.0827 e. The average Bonchev–Trinajstić information content (AvgIpc) is 2.59. The maximum atomic E-state index is 6.37. The fraction of sp³-hybridized carbons (Fsp3) is 0.125. The summed E-state index contributed by atoms with van der Waals surface area (Å²) >= 11 is 16.0. The maximum absolute atomic E-state index is 6.37. The van der Waals surface area contributed by atoms with E-state index in [9.17, 15) is 0 Å². The zero-order chi connectivity index (χ0) is 13.4. The summed E-state index contributed by atoms with van der Waals surface area (Å²) in [5, 5.41) is 1.30. The van der Waals surface area contributed by atoms with Crippen LogP contribution in [0.25, 0.3) is 5.57 Å². The van der Waals surface area contributed by atoms with Gasteiger partial charge in [0.15, 0.2) is 0 Å². The van der Waals surface area contributed by atoms with Crippen LogP contribution in [0.2, 0.25) is 10.0 Å². The van der Waals surface area contributed by atoms with E-state index in [0.717, 1.165) is 24.0 Å². The van der Waals surface area contributed by atoms with Gasteiger partial charge in [0.05, 0.1) is 10.0 Å². The van der Waals surface area contributed by atoms with Gasteiger partial charge in [-0.25, -0.2) is 0 Å². The third kappa shape index (κ3) is 2.24. The van der Waals surface area contributed by atoms with Gasteiger partial charge in [-0.15, -0.1) is 0 Å². The number of hydrogen-bond donors (Lipinski definition) is 0. The van der Waals surface area contributed by atoms with Crippen LogP contribution in [0.5, 0.6) is 0 Å². The van der Waals surface area contributed by atoms with Crippen molar-refractivity contribution in [2.45, 2.75) is 12.8 Å². The summed E-state index contributed by atoms with van der Waals surface area (Å²) in [6.45, 7) is 0. The lowest BCUT2D eigenvalue weighted by Crippen LogP contribution is -1.93. The van der Waals surface area contributed by atoms with Gasteiger partial charge in [-0.05, 0) is 51.7 Å². The van der Waals surface area contributed by atoms with Crippen molar-refractivity contribution in [2.24, 2.45) is 0 Å². The molecule has 0 aromatic heterocycles. The standard InChI is InChI=1S/C16H11BrCl2/c17-9-14-11-4-2-1-3-10(11)5-6-13-12(14)7-8-15(18)16(13)19/h1-4,7-9H,5-6H2/b14-9+. The Morgan fingerprint density at radius 2 is 1.74 bits per heavy atom. The van der Waals surface area contributed by atoms with E-state index in [4.69, 9.17) is 23.2 Å². The van der Waals surface area contributed by atoms with E-state index >= 15 is 0 Å². The fourth-order valence-corrected chi connectivity index (χ4v) is 3.54. The summed E-state index contributed by atoms with van der Waals surface area (Å²) in [4.78, 5) is 1.97. The van der Waals surface area contributed by atoms with Gasteiger partial charge in [0.2, 0.25) is 0 Å². The van der Waals surface area contributed by atoms with Crippen LogP contribution < -0.4 is 0 Å². The summed E-state index contributed by atoms with van der Waals surface area (Å²) in [7, 11) is 0. The van der Waals surface area contributed by atoms with Crippen molar-refractivity contribution >= 4 is 44.7 Å². The molecule has 0 aliphatic heterocycles. The van der Waals surface area contributed by atoms with Crippen molar-refractivity contribution in [2.75, 3.05) is 0 Å². The molecule has 96 valence electrons. The Labute approximate surface area is 131 Å². The highest BCUT2D eigenvalue weighted by Crippen LogP contribution is 2.39. The van der Waals surface area contributed by atoms with E-state index in [0.29, 0.717) is 10.0 Å². The lowest BCUT2D eigenvalue weighted by atomic mass is 9.95. The molecule has 2 aromatic rings. The molecule has 0 atom stereocenters. The smallest absolute Gasteiger partial charge is 0.0630 e. The number of hydrogen-bond acceptors (Lipinski definition) is 0. The van der Waals surface area contributed by atoms with Crippen molar-refractivity contribution in [3.63, 3.8) is 0 Å². The molecule has 3 rings (SSSR count). The SMILES string of the molecule is Clc1ccc2c(c1Cl)CCc1ccccc1/C2=C\Br. The van der Waals surface area contributed by atoms with E-state index in [-0.39, 0.29) is 0 Å². The molecule has 0 unspecified atom stereocenters. The minimum atomic E-state index is 0.625. The molecule has 0 amide bonds. The molecule has 0 N–H and O–H groups in total. The zero-order valence-electron chi connectivity index (χ0n) is 10.1. The third-order valence-corrected chi connectivity index (χ3v) is 4.85. The molecule has 0 saturated carbocycles. The van der Waals surface area contributed by atoms with Gasteiger partial charge < -0.3 is 0 Å².